The Balaban J connectivity index is 1.88. The molecular formula is C16H16FN7. The fourth-order valence-electron chi connectivity index (χ4n) is 2.85. The van der Waals surface area contributed by atoms with Crippen LogP contribution in [0, 0.1) is 6.92 Å². The molecule has 4 aromatic rings. The van der Waals surface area contributed by atoms with Gasteiger partial charge in [-0.15, -0.1) is 5.10 Å². The van der Waals surface area contributed by atoms with Gasteiger partial charge < -0.3 is 9.88 Å². The van der Waals surface area contributed by atoms with E-state index in [9.17, 15) is 4.39 Å². The van der Waals surface area contributed by atoms with Crippen molar-refractivity contribution in [2.24, 2.45) is 0 Å². The van der Waals surface area contributed by atoms with Gasteiger partial charge in [0.1, 0.15) is 18.0 Å². The molecule has 0 aliphatic heterocycles. The Morgan fingerprint density at radius 2 is 2.08 bits per heavy atom. The molecule has 0 spiro atoms. The first kappa shape index (κ1) is 14.6. The van der Waals surface area contributed by atoms with Crippen molar-refractivity contribution in [3.63, 3.8) is 0 Å². The van der Waals surface area contributed by atoms with Crippen LogP contribution in [0.3, 0.4) is 0 Å². The standard InChI is InChI=1S/C16H16FN7/c1-10-20-13-4-3-12(21-15(13)23(10)8-6-17)11-5-7-24-14(11)9-19-16(18-2)22-24/h3-5,7,9H,6,8H2,1-2H3,(H,18,22). The number of pyridine rings is 1. The highest BCUT2D eigenvalue weighted by atomic mass is 19.1. The summed E-state index contributed by atoms with van der Waals surface area (Å²) in [6.45, 7) is 1.66. The second-order valence-electron chi connectivity index (χ2n) is 5.43. The van der Waals surface area contributed by atoms with Crippen molar-refractivity contribution in [2.75, 3.05) is 19.0 Å². The molecule has 0 saturated carbocycles. The van der Waals surface area contributed by atoms with Crippen LogP contribution in [0.5, 0.6) is 0 Å². The van der Waals surface area contributed by atoms with Gasteiger partial charge in [-0.2, -0.15) is 0 Å². The highest BCUT2D eigenvalue weighted by molar-refractivity contribution is 5.82. The van der Waals surface area contributed by atoms with Crippen molar-refractivity contribution in [1.82, 2.24) is 29.1 Å². The van der Waals surface area contributed by atoms with E-state index in [0.29, 0.717) is 11.6 Å². The summed E-state index contributed by atoms with van der Waals surface area (Å²) in [4.78, 5) is 13.4. The maximum Gasteiger partial charge on any atom is 0.240 e. The molecule has 0 radical (unpaired) electrons. The monoisotopic (exact) mass is 325 g/mol. The number of aryl methyl sites for hydroxylation is 2. The molecule has 0 amide bonds. The molecule has 0 fully saturated rings. The zero-order chi connectivity index (χ0) is 16.7. The van der Waals surface area contributed by atoms with E-state index in [1.54, 1.807) is 22.3 Å². The predicted molar refractivity (Wildman–Crippen MR) is 89.8 cm³/mol. The van der Waals surface area contributed by atoms with Gasteiger partial charge in [0.25, 0.3) is 0 Å². The Hall–Kier alpha value is -3.03. The molecule has 8 heteroatoms. The van der Waals surface area contributed by atoms with Crippen molar-refractivity contribution in [3.05, 3.63) is 36.4 Å². The van der Waals surface area contributed by atoms with E-state index in [2.05, 4.69) is 20.4 Å². The summed E-state index contributed by atoms with van der Waals surface area (Å²) in [7, 11) is 1.77. The molecule has 4 rings (SSSR count). The van der Waals surface area contributed by atoms with Crippen LogP contribution in [-0.4, -0.2) is 42.9 Å². The number of fused-ring (bicyclic) bond motifs is 2. The normalized spacial score (nSPS) is 11.5. The maximum atomic E-state index is 12.8. The summed E-state index contributed by atoms with van der Waals surface area (Å²) in [5.74, 6) is 1.31. The number of nitrogens with one attached hydrogen (secondary N) is 1. The van der Waals surface area contributed by atoms with E-state index in [4.69, 9.17) is 4.98 Å². The van der Waals surface area contributed by atoms with Crippen molar-refractivity contribution in [1.29, 1.82) is 0 Å². The van der Waals surface area contributed by atoms with Crippen LogP contribution in [-0.2, 0) is 6.54 Å². The molecule has 0 bridgehead atoms. The lowest BCUT2D eigenvalue weighted by Gasteiger charge is -2.04. The van der Waals surface area contributed by atoms with Gasteiger partial charge in [-0.3, -0.25) is 0 Å². The van der Waals surface area contributed by atoms with Gasteiger partial charge in [0.15, 0.2) is 5.65 Å². The minimum atomic E-state index is -0.450. The number of aromatic nitrogens is 6. The van der Waals surface area contributed by atoms with Gasteiger partial charge in [-0.1, -0.05) is 0 Å². The highest BCUT2D eigenvalue weighted by Crippen LogP contribution is 2.26. The number of anilines is 1. The second kappa shape index (κ2) is 5.55. The molecule has 4 aromatic heterocycles. The van der Waals surface area contributed by atoms with Crippen LogP contribution in [0.4, 0.5) is 10.3 Å². The SMILES string of the molecule is CNc1ncc2c(-c3ccc4nc(C)n(CCF)c4n3)ccn2n1. The fourth-order valence-corrected chi connectivity index (χ4v) is 2.85. The lowest BCUT2D eigenvalue weighted by molar-refractivity contribution is 0.445. The molecule has 122 valence electrons. The molecule has 1 N–H and O–H groups in total. The minimum absolute atomic E-state index is 0.254. The molecule has 0 aliphatic carbocycles. The molecule has 0 saturated heterocycles. The van der Waals surface area contributed by atoms with Crippen molar-refractivity contribution >= 4 is 22.6 Å². The second-order valence-corrected chi connectivity index (χ2v) is 5.43. The van der Waals surface area contributed by atoms with Gasteiger partial charge in [0, 0.05) is 18.8 Å². The molecule has 0 unspecified atom stereocenters. The zero-order valence-corrected chi connectivity index (χ0v) is 13.4. The summed E-state index contributed by atoms with van der Waals surface area (Å²) in [5.41, 5.74) is 4.02. The van der Waals surface area contributed by atoms with Crippen molar-refractivity contribution in [3.8, 4) is 11.3 Å². The van der Waals surface area contributed by atoms with Crippen molar-refractivity contribution in [2.45, 2.75) is 13.5 Å². The Morgan fingerprint density at radius 1 is 1.21 bits per heavy atom. The molecule has 7 nitrogen and oxygen atoms in total. The van der Waals surface area contributed by atoms with E-state index in [1.165, 1.54) is 0 Å². The largest absolute Gasteiger partial charge is 0.356 e. The van der Waals surface area contributed by atoms with Gasteiger partial charge in [0.05, 0.1) is 24.0 Å². The molecule has 0 atom stereocenters. The predicted octanol–water partition coefficient (Wildman–Crippen LogP) is 2.46. The number of alkyl halides is 1. The first-order valence-electron chi connectivity index (χ1n) is 7.63. The lowest BCUT2D eigenvalue weighted by atomic mass is 10.2. The molecule has 0 aliphatic rings. The van der Waals surface area contributed by atoms with Gasteiger partial charge in [-0.25, -0.2) is 23.9 Å². The third-order valence-corrected chi connectivity index (χ3v) is 4.01. The van der Waals surface area contributed by atoms with Crippen molar-refractivity contribution < 1.29 is 4.39 Å². The average Bonchev–Trinajstić information content (AvgIpc) is 3.15. The van der Waals surface area contributed by atoms with Crippen LogP contribution in [0.1, 0.15) is 5.82 Å². The molecular weight excluding hydrogens is 309 g/mol. The summed E-state index contributed by atoms with van der Waals surface area (Å²) >= 11 is 0. The van der Waals surface area contributed by atoms with Crippen LogP contribution >= 0.6 is 0 Å². The number of hydrogen-bond donors (Lipinski definition) is 1. The highest BCUT2D eigenvalue weighted by Gasteiger charge is 2.13. The summed E-state index contributed by atoms with van der Waals surface area (Å²) < 4.78 is 16.4. The topological polar surface area (TPSA) is 72.9 Å². The van der Waals surface area contributed by atoms with Crippen LogP contribution in [0.15, 0.2) is 30.6 Å². The van der Waals surface area contributed by atoms with E-state index < -0.39 is 6.67 Å². The van der Waals surface area contributed by atoms with E-state index in [0.717, 1.165) is 28.1 Å². The molecule has 0 aromatic carbocycles. The van der Waals surface area contributed by atoms with Crippen LogP contribution in [0.2, 0.25) is 0 Å². The summed E-state index contributed by atoms with van der Waals surface area (Å²) in [5, 5.41) is 7.26. The number of imidazole rings is 1. The van der Waals surface area contributed by atoms with Crippen LogP contribution < -0.4 is 5.32 Å². The van der Waals surface area contributed by atoms with E-state index >= 15 is 0 Å². The Morgan fingerprint density at radius 3 is 2.88 bits per heavy atom. The fraction of sp³-hybridized carbons (Fsp3) is 0.250. The smallest absolute Gasteiger partial charge is 0.240 e. The van der Waals surface area contributed by atoms with Gasteiger partial charge in [-0.05, 0) is 25.1 Å². The zero-order valence-electron chi connectivity index (χ0n) is 13.4. The maximum absolute atomic E-state index is 12.8. The quantitative estimate of drug-likeness (QED) is 0.624. The van der Waals surface area contributed by atoms with Gasteiger partial charge >= 0.3 is 0 Å². The van der Waals surface area contributed by atoms with E-state index in [1.807, 2.05) is 31.3 Å². The molecule has 24 heavy (non-hydrogen) atoms. The third-order valence-electron chi connectivity index (χ3n) is 4.01. The summed E-state index contributed by atoms with van der Waals surface area (Å²) in [6, 6.07) is 5.77. The number of halogens is 1. The minimum Gasteiger partial charge on any atom is -0.356 e. The Kier molecular flexibility index (Phi) is 3.37. The number of nitrogens with zero attached hydrogens (tertiary/aromatic N) is 6. The lowest BCUT2D eigenvalue weighted by Crippen LogP contribution is -2.03. The number of rotatable bonds is 4. The third kappa shape index (κ3) is 2.18. The Bertz CT molecular complexity index is 1030. The molecule has 4 heterocycles. The van der Waals surface area contributed by atoms with E-state index in [-0.39, 0.29) is 6.54 Å². The summed E-state index contributed by atoms with van der Waals surface area (Å²) in [6.07, 6.45) is 3.62. The number of hydrogen-bond acceptors (Lipinski definition) is 5. The first-order valence-corrected chi connectivity index (χ1v) is 7.63. The van der Waals surface area contributed by atoms with Crippen LogP contribution in [0.25, 0.3) is 27.9 Å². The first-order chi connectivity index (χ1) is 11.7. The Labute approximate surface area is 137 Å². The average molecular weight is 325 g/mol. The van der Waals surface area contributed by atoms with Gasteiger partial charge in [0.2, 0.25) is 5.95 Å².